The van der Waals surface area contributed by atoms with E-state index in [1.54, 1.807) is 39.8 Å². The zero-order chi connectivity index (χ0) is 15.6. The first-order valence-electron chi connectivity index (χ1n) is 6.15. The van der Waals surface area contributed by atoms with Crippen molar-refractivity contribution in [3.05, 3.63) is 29.0 Å². The fourth-order valence-electron chi connectivity index (χ4n) is 1.51. The Bertz CT molecular complexity index is 496. The SMILES string of the molecule is CN(C(=O)OC(C)(C)C)C(C)(C=O)c1ccc(Cl)cn1. The normalized spacial score (nSPS) is 14.3. The molecule has 1 aromatic heterocycles. The van der Waals surface area contributed by atoms with E-state index in [2.05, 4.69) is 4.98 Å². The predicted octanol–water partition coefficient (Wildman–Crippen LogP) is 3.02. The topological polar surface area (TPSA) is 59.5 Å². The first-order chi connectivity index (χ1) is 9.10. The number of aromatic nitrogens is 1. The van der Waals surface area contributed by atoms with Crippen molar-refractivity contribution in [1.29, 1.82) is 0 Å². The lowest BCUT2D eigenvalue weighted by Crippen LogP contribution is -2.48. The van der Waals surface area contributed by atoms with Gasteiger partial charge in [-0.15, -0.1) is 0 Å². The second-order valence-corrected chi connectivity index (χ2v) is 6.10. The van der Waals surface area contributed by atoms with Gasteiger partial charge in [-0.3, -0.25) is 9.88 Å². The molecular formula is C14H19ClN2O3. The standard InChI is InChI=1S/C14H19ClN2O3/c1-13(2,3)20-12(19)17(5)14(4,9-18)11-7-6-10(15)8-16-11/h6-9H,1-5H3. The maximum absolute atomic E-state index is 12.1. The van der Waals surface area contributed by atoms with Crippen molar-refractivity contribution < 1.29 is 14.3 Å². The first kappa shape index (κ1) is 16.4. The van der Waals surface area contributed by atoms with Crippen molar-refractivity contribution in [3.63, 3.8) is 0 Å². The van der Waals surface area contributed by atoms with E-state index >= 15 is 0 Å². The Kier molecular flexibility index (Phi) is 4.76. The van der Waals surface area contributed by atoms with Gasteiger partial charge in [0.05, 0.1) is 10.7 Å². The highest BCUT2D eigenvalue weighted by atomic mass is 35.5. The molecule has 0 saturated heterocycles. The maximum atomic E-state index is 12.1. The summed E-state index contributed by atoms with van der Waals surface area (Å²) in [5.41, 5.74) is -1.43. The van der Waals surface area contributed by atoms with E-state index in [0.717, 1.165) is 0 Å². The molecule has 0 bridgehead atoms. The van der Waals surface area contributed by atoms with Gasteiger partial charge in [0.25, 0.3) is 0 Å². The number of hydrogen-bond acceptors (Lipinski definition) is 4. The molecule has 0 radical (unpaired) electrons. The molecule has 0 aliphatic rings. The van der Waals surface area contributed by atoms with Crippen LogP contribution in [0.15, 0.2) is 18.3 Å². The van der Waals surface area contributed by atoms with Gasteiger partial charge in [0.2, 0.25) is 0 Å². The van der Waals surface area contributed by atoms with Crippen molar-refractivity contribution in [2.45, 2.75) is 38.8 Å². The monoisotopic (exact) mass is 298 g/mol. The minimum Gasteiger partial charge on any atom is -0.444 e. The molecule has 1 aromatic rings. The van der Waals surface area contributed by atoms with Gasteiger partial charge in [0.15, 0.2) is 6.29 Å². The van der Waals surface area contributed by atoms with Crippen LogP contribution in [0.4, 0.5) is 4.79 Å². The molecule has 0 fully saturated rings. The molecule has 0 saturated carbocycles. The molecule has 1 heterocycles. The van der Waals surface area contributed by atoms with E-state index in [0.29, 0.717) is 17.0 Å². The number of nitrogens with zero attached hydrogens (tertiary/aromatic N) is 2. The molecular weight excluding hydrogens is 280 g/mol. The molecule has 0 spiro atoms. The summed E-state index contributed by atoms with van der Waals surface area (Å²) in [6.45, 7) is 6.88. The Hall–Kier alpha value is -1.62. The van der Waals surface area contributed by atoms with E-state index in [1.807, 2.05) is 0 Å². The smallest absolute Gasteiger partial charge is 0.411 e. The van der Waals surface area contributed by atoms with Crippen LogP contribution in [0.2, 0.25) is 5.02 Å². The quantitative estimate of drug-likeness (QED) is 0.805. The molecule has 5 nitrogen and oxygen atoms in total. The summed E-state index contributed by atoms with van der Waals surface area (Å²) in [4.78, 5) is 28.9. The summed E-state index contributed by atoms with van der Waals surface area (Å²) in [5, 5.41) is 0.460. The lowest BCUT2D eigenvalue weighted by Gasteiger charge is -2.34. The number of hydrogen-bond donors (Lipinski definition) is 0. The molecule has 0 N–H and O–H groups in total. The van der Waals surface area contributed by atoms with E-state index in [-0.39, 0.29) is 0 Å². The van der Waals surface area contributed by atoms with Crippen LogP contribution in [0.3, 0.4) is 0 Å². The number of pyridine rings is 1. The maximum Gasteiger partial charge on any atom is 0.411 e. The lowest BCUT2D eigenvalue weighted by molar-refractivity contribution is -0.117. The molecule has 1 amide bonds. The molecule has 0 aromatic carbocycles. The lowest BCUT2D eigenvalue weighted by atomic mass is 9.97. The van der Waals surface area contributed by atoms with Crippen LogP contribution in [0.1, 0.15) is 33.4 Å². The van der Waals surface area contributed by atoms with E-state index < -0.39 is 17.2 Å². The third-order valence-electron chi connectivity index (χ3n) is 2.84. The van der Waals surface area contributed by atoms with Crippen LogP contribution in [-0.2, 0) is 15.1 Å². The molecule has 0 aliphatic carbocycles. The van der Waals surface area contributed by atoms with Crippen molar-refractivity contribution in [3.8, 4) is 0 Å². The van der Waals surface area contributed by atoms with Gasteiger partial charge >= 0.3 is 6.09 Å². The third kappa shape index (κ3) is 3.70. The largest absolute Gasteiger partial charge is 0.444 e. The van der Waals surface area contributed by atoms with E-state index in [1.165, 1.54) is 18.1 Å². The van der Waals surface area contributed by atoms with Crippen molar-refractivity contribution in [2.75, 3.05) is 7.05 Å². The van der Waals surface area contributed by atoms with Crippen LogP contribution in [-0.4, -0.2) is 34.9 Å². The Morgan fingerprint density at radius 2 is 1.95 bits per heavy atom. The zero-order valence-electron chi connectivity index (χ0n) is 12.3. The van der Waals surface area contributed by atoms with Crippen molar-refractivity contribution in [2.24, 2.45) is 0 Å². The number of halogens is 1. The molecule has 20 heavy (non-hydrogen) atoms. The third-order valence-corrected chi connectivity index (χ3v) is 3.06. The van der Waals surface area contributed by atoms with Gasteiger partial charge in [0, 0.05) is 13.2 Å². The zero-order valence-corrected chi connectivity index (χ0v) is 13.1. The Labute approximate surface area is 123 Å². The first-order valence-corrected chi connectivity index (χ1v) is 6.53. The number of carbonyl (C=O) groups excluding carboxylic acids is 2. The molecule has 0 aliphatic heterocycles. The number of carbonyl (C=O) groups is 2. The van der Waals surface area contributed by atoms with Crippen molar-refractivity contribution >= 4 is 24.0 Å². The molecule has 1 atom stereocenters. The molecule has 1 rings (SSSR count). The molecule has 6 heteroatoms. The van der Waals surface area contributed by atoms with Gasteiger partial charge in [-0.05, 0) is 39.8 Å². The summed E-state index contributed by atoms with van der Waals surface area (Å²) >= 11 is 5.78. The number of aldehydes is 1. The van der Waals surface area contributed by atoms with Gasteiger partial charge in [-0.2, -0.15) is 0 Å². The molecule has 110 valence electrons. The summed E-state index contributed by atoms with van der Waals surface area (Å²) in [7, 11) is 1.50. The van der Waals surface area contributed by atoms with Crippen LogP contribution < -0.4 is 0 Å². The highest BCUT2D eigenvalue weighted by Gasteiger charge is 2.37. The number of rotatable bonds is 3. The highest BCUT2D eigenvalue weighted by molar-refractivity contribution is 6.30. The minimum atomic E-state index is -1.22. The van der Waals surface area contributed by atoms with Gasteiger partial charge in [-0.25, -0.2) is 4.79 Å². The van der Waals surface area contributed by atoms with Crippen LogP contribution in [0.25, 0.3) is 0 Å². The van der Waals surface area contributed by atoms with Crippen molar-refractivity contribution in [1.82, 2.24) is 9.88 Å². The molecule has 1 unspecified atom stereocenters. The Morgan fingerprint density at radius 1 is 1.35 bits per heavy atom. The minimum absolute atomic E-state index is 0.422. The number of ether oxygens (including phenoxy) is 1. The Morgan fingerprint density at radius 3 is 2.35 bits per heavy atom. The summed E-state index contributed by atoms with van der Waals surface area (Å²) < 4.78 is 5.27. The summed E-state index contributed by atoms with van der Waals surface area (Å²) in [6.07, 6.45) is 1.50. The van der Waals surface area contributed by atoms with Gasteiger partial charge < -0.3 is 9.53 Å². The van der Waals surface area contributed by atoms with Crippen LogP contribution >= 0.6 is 11.6 Å². The van der Waals surface area contributed by atoms with Crippen LogP contribution in [0.5, 0.6) is 0 Å². The number of likely N-dealkylation sites (N-methyl/N-ethyl adjacent to an activating group) is 1. The summed E-state index contributed by atoms with van der Waals surface area (Å²) in [5.74, 6) is 0. The number of amides is 1. The second kappa shape index (κ2) is 5.79. The van der Waals surface area contributed by atoms with Gasteiger partial charge in [-0.1, -0.05) is 11.6 Å². The average molecular weight is 299 g/mol. The summed E-state index contributed by atoms with van der Waals surface area (Å²) in [6, 6.07) is 3.23. The fourth-order valence-corrected chi connectivity index (χ4v) is 1.62. The predicted molar refractivity (Wildman–Crippen MR) is 76.7 cm³/mol. The fraction of sp³-hybridized carbons (Fsp3) is 0.500. The Balaban J connectivity index is 3.07. The second-order valence-electron chi connectivity index (χ2n) is 5.67. The highest BCUT2D eigenvalue weighted by Crippen LogP contribution is 2.26. The van der Waals surface area contributed by atoms with E-state index in [9.17, 15) is 9.59 Å². The average Bonchev–Trinajstić information content (AvgIpc) is 2.35. The van der Waals surface area contributed by atoms with E-state index in [4.69, 9.17) is 16.3 Å². The van der Waals surface area contributed by atoms with Crippen LogP contribution in [0, 0.1) is 0 Å². The van der Waals surface area contributed by atoms with Gasteiger partial charge in [0.1, 0.15) is 11.1 Å².